The van der Waals surface area contributed by atoms with Gasteiger partial charge in [0.2, 0.25) is 5.78 Å². The summed E-state index contributed by atoms with van der Waals surface area (Å²) >= 11 is 0. The molecule has 0 radical (unpaired) electrons. The van der Waals surface area contributed by atoms with E-state index in [0.717, 1.165) is 59.4 Å². The van der Waals surface area contributed by atoms with Crippen molar-refractivity contribution in [3.63, 3.8) is 0 Å². The normalized spacial score (nSPS) is 12.3. The van der Waals surface area contributed by atoms with Crippen LogP contribution in [0.3, 0.4) is 0 Å². The molecular formula is C23H25N5O2. The van der Waals surface area contributed by atoms with E-state index in [9.17, 15) is 4.79 Å². The number of fused-ring (bicyclic) bond motifs is 1. The molecule has 4 aromatic rings. The van der Waals surface area contributed by atoms with Gasteiger partial charge in [0.25, 0.3) is 5.89 Å². The fourth-order valence-electron chi connectivity index (χ4n) is 3.50. The maximum absolute atomic E-state index is 11.9. The van der Waals surface area contributed by atoms with Gasteiger partial charge in [-0.1, -0.05) is 25.0 Å². The monoisotopic (exact) mass is 403 g/mol. The van der Waals surface area contributed by atoms with Gasteiger partial charge in [-0.25, -0.2) is 9.97 Å². The average molecular weight is 403 g/mol. The molecule has 0 aliphatic heterocycles. The topological polar surface area (TPSA) is 111 Å². The van der Waals surface area contributed by atoms with Gasteiger partial charge in [-0.15, -0.1) is 0 Å². The van der Waals surface area contributed by atoms with E-state index in [1.54, 1.807) is 0 Å². The smallest absolute Gasteiger partial charge is 0.263 e. The number of pyridine rings is 1. The van der Waals surface area contributed by atoms with E-state index in [1.165, 1.54) is 12.5 Å². The summed E-state index contributed by atoms with van der Waals surface area (Å²) in [4.78, 5) is 28.1. The second-order valence-electron chi connectivity index (χ2n) is 7.51. The number of Topliss-reactive ketones (excluding diaryl/α,β-unsaturated/α-hetero) is 1. The molecule has 4 rings (SSSR count). The first-order chi connectivity index (χ1) is 14.6. The summed E-state index contributed by atoms with van der Waals surface area (Å²) in [5, 5.41) is 1.10. The van der Waals surface area contributed by atoms with Crippen LogP contribution in [0.15, 0.2) is 53.4 Å². The van der Waals surface area contributed by atoms with Crippen molar-refractivity contribution in [3.05, 3.63) is 66.4 Å². The number of benzene rings is 1. The zero-order valence-electron chi connectivity index (χ0n) is 17.0. The number of aryl methyl sites for hydroxylation is 1. The highest BCUT2D eigenvalue weighted by Crippen LogP contribution is 2.24. The second-order valence-corrected chi connectivity index (χ2v) is 7.51. The Hall–Kier alpha value is -3.32. The second kappa shape index (κ2) is 9.00. The summed E-state index contributed by atoms with van der Waals surface area (Å²) < 4.78 is 5.02. The van der Waals surface area contributed by atoms with Crippen LogP contribution in [-0.2, 0) is 0 Å². The number of rotatable bonds is 9. The lowest BCUT2D eigenvalue weighted by Crippen LogP contribution is -2.12. The molecule has 0 amide bonds. The van der Waals surface area contributed by atoms with Gasteiger partial charge in [-0.05, 0) is 38.0 Å². The van der Waals surface area contributed by atoms with Gasteiger partial charge >= 0.3 is 0 Å². The minimum absolute atomic E-state index is 0.0549. The van der Waals surface area contributed by atoms with Crippen molar-refractivity contribution >= 4 is 16.7 Å². The van der Waals surface area contributed by atoms with E-state index in [4.69, 9.17) is 10.2 Å². The molecular weight excluding hydrogens is 378 g/mol. The number of carbonyl (C=O) groups is 1. The van der Waals surface area contributed by atoms with Gasteiger partial charge < -0.3 is 15.1 Å². The number of hydrogen-bond acceptors (Lipinski definition) is 6. The van der Waals surface area contributed by atoms with E-state index in [0.29, 0.717) is 6.42 Å². The molecule has 0 saturated carbocycles. The standard InChI is InChI=1S/C23H25N5O2/c1-15-7-8-16-13-17(9-10-19(16)27-15)20-14-26-22(28-20)18(24)5-3-2-4-6-21(29)23-25-11-12-30-23/h7-14,18H,2-6,24H2,1H3,(H,26,28). The number of aromatic nitrogens is 4. The SMILES string of the molecule is Cc1ccc2cc(-c3cnc(C(N)CCCCCC(=O)c4ncco4)[nH]3)ccc2n1. The Balaban J connectivity index is 1.29. The number of unbranched alkanes of at least 4 members (excludes halogenated alkanes) is 2. The van der Waals surface area contributed by atoms with Crippen molar-refractivity contribution in [2.24, 2.45) is 5.73 Å². The van der Waals surface area contributed by atoms with Crippen molar-refractivity contribution in [1.29, 1.82) is 0 Å². The third kappa shape index (κ3) is 4.63. The fraction of sp³-hybridized carbons (Fsp3) is 0.304. The van der Waals surface area contributed by atoms with E-state index < -0.39 is 0 Å². The lowest BCUT2D eigenvalue weighted by molar-refractivity contribution is 0.0945. The minimum atomic E-state index is -0.161. The average Bonchev–Trinajstić information content (AvgIpc) is 3.45. The van der Waals surface area contributed by atoms with Gasteiger partial charge in [-0.3, -0.25) is 9.78 Å². The molecule has 3 N–H and O–H groups in total. The van der Waals surface area contributed by atoms with Crippen molar-refractivity contribution in [2.75, 3.05) is 0 Å². The molecule has 30 heavy (non-hydrogen) atoms. The number of H-pyrrole nitrogens is 1. The molecule has 0 aliphatic carbocycles. The highest BCUT2D eigenvalue weighted by Gasteiger charge is 2.13. The molecule has 3 aromatic heterocycles. The summed E-state index contributed by atoms with van der Waals surface area (Å²) in [6.45, 7) is 1.99. The first kappa shape index (κ1) is 20.0. The largest absolute Gasteiger partial charge is 0.442 e. The first-order valence-corrected chi connectivity index (χ1v) is 10.2. The summed E-state index contributed by atoms with van der Waals surface area (Å²) in [6, 6.07) is 10.1. The van der Waals surface area contributed by atoms with Crippen molar-refractivity contribution in [3.8, 4) is 11.3 Å². The molecule has 0 spiro atoms. The fourth-order valence-corrected chi connectivity index (χ4v) is 3.50. The Bertz CT molecular complexity index is 1130. The lowest BCUT2D eigenvalue weighted by atomic mass is 10.1. The number of aromatic amines is 1. The predicted octanol–water partition coefficient (Wildman–Crippen LogP) is 4.75. The maximum Gasteiger partial charge on any atom is 0.263 e. The lowest BCUT2D eigenvalue weighted by Gasteiger charge is -2.08. The summed E-state index contributed by atoms with van der Waals surface area (Å²) in [6.07, 6.45) is 8.62. The quantitative estimate of drug-likeness (QED) is 0.308. The number of imidazole rings is 1. The van der Waals surface area contributed by atoms with Crippen LogP contribution < -0.4 is 5.73 Å². The number of nitrogens with two attached hydrogens (primary N) is 1. The third-order valence-electron chi connectivity index (χ3n) is 5.18. The molecule has 1 atom stereocenters. The maximum atomic E-state index is 11.9. The molecule has 0 saturated heterocycles. The van der Waals surface area contributed by atoms with Crippen molar-refractivity contribution in [2.45, 2.75) is 45.1 Å². The van der Waals surface area contributed by atoms with Gasteiger partial charge in [0.1, 0.15) is 12.1 Å². The molecule has 1 unspecified atom stereocenters. The molecule has 7 heteroatoms. The molecule has 154 valence electrons. The van der Waals surface area contributed by atoms with Crippen LogP contribution in [0.2, 0.25) is 0 Å². The van der Waals surface area contributed by atoms with E-state index in [1.807, 2.05) is 31.3 Å². The van der Waals surface area contributed by atoms with E-state index >= 15 is 0 Å². The van der Waals surface area contributed by atoms with Crippen LogP contribution >= 0.6 is 0 Å². The number of nitrogens with zero attached hydrogens (tertiary/aromatic N) is 3. The highest BCUT2D eigenvalue weighted by atomic mass is 16.3. The zero-order chi connectivity index (χ0) is 20.9. The van der Waals surface area contributed by atoms with Gasteiger partial charge in [0, 0.05) is 23.1 Å². The van der Waals surface area contributed by atoms with Crippen LogP contribution in [0.4, 0.5) is 0 Å². The number of carbonyl (C=O) groups excluding carboxylic acids is 1. The molecule has 3 heterocycles. The summed E-state index contributed by atoms with van der Waals surface area (Å²) in [5.74, 6) is 0.915. The Kier molecular flexibility index (Phi) is 5.99. The number of hydrogen-bond donors (Lipinski definition) is 2. The minimum Gasteiger partial charge on any atom is -0.442 e. The van der Waals surface area contributed by atoms with E-state index in [-0.39, 0.29) is 17.7 Å². The Labute approximate surface area is 174 Å². The molecule has 0 aliphatic rings. The number of ketones is 1. The Morgan fingerprint density at radius 2 is 2.07 bits per heavy atom. The van der Waals surface area contributed by atoms with Crippen LogP contribution in [0.25, 0.3) is 22.2 Å². The zero-order valence-corrected chi connectivity index (χ0v) is 17.0. The predicted molar refractivity (Wildman–Crippen MR) is 115 cm³/mol. The highest BCUT2D eigenvalue weighted by molar-refractivity contribution is 5.91. The van der Waals surface area contributed by atoms with Crippen LogP contribution in [0.1, 0.15) is 60.3 Å². The third-order valence-corrected chi connectivity index (χ3v) is 5.18. The molecule has 0 bridgehead atoms. The van der Waals surface area contributed by atoms with Crippen LogP contribution in [-0.4, -0.2) is 25.7 Å². The van der Waals surface area contributed by atoms with Gasteiger partial charge in [0.05, 0.1) is 29.6 Å². The van der Waals surface area contributed by atoms with Crippen LogP contribution in [0, 0.1) is 6.92 Å². The first-order valence-electron chi connectivity index (χ1n) is 10.2. The summed E-state index contributed by atoms with van der Waals surface area (Å²) in [5.41, 5.74) is 10.3. The number of nitrogens with one attached hydrogen (secondary N) is 1. The van der Waals surface area contributed by atoms with Gasteiger partial charge in [-0.2, -0.15) is 0 Å². The Morgan fingerprint density at radius 1 is 1.17 bits per heavy atom. The molecule has 1 aromatic carbocycles. The molecule has 0 fully saturated rings. The molecule has 7 nitrogen and oxygen atoms in total. The van der Waals surface area contributed by atoms with Crippen molar-refractivity contribution < 1.29 is 9.21 Å². The van der Waals surface area contributed by atoms with E-state index in [2.05, 4.69) is 32.1 Å². The van der Waals surface area contributed by atoms with Crippen LogP contribution in [0.5, 0.6) is 0 Å². The Morgan fingerprint density at radius 3 is 2.90 bits per heavy atom. The van der Waals surface area contributed by atoms with Gasteiger partial charge in [0.15, 0.2) is 0 Å². The van der Waals surface area contributed by atoms with Crippen molar-refractivity contribution in [1.82, 2.24) is 19.9 Å². The summed E-state index contributed by atoms with van der Waals surface area (Å²) in [7, 11) is 0. The number of oxazole rings is 1.